The molecule has 0 spiro atoms. The number of hydrogen-bond acceptors (Lipinski definition) is 4. The number of urea groups is 2. The molecule has 0 aromatic heterocycles. The number of methoxy groups -OCH3 is 2. The molecule has 0 saturated carbocycles. The number of nitrogens with one attached hydrogen (secondary N) is 4. The summed E-state index contributed by atoms with van der Waals surface area (Å²) < 4.78 is 10.4. The number of para-hydroxylation sites is 1. The molecule has 4 amide bonds. The van der Waals surface area contributed by atoms with Gasteiger partial charge in [-0.15, -0.1) is 0 Å². The van der Waals surface area contributed by atoms with Gasteiger partial charge in [0.1, 0.15) is 11.5 Å². The molecule has 8 heteroatoms. The second-order valence-electron chi connectivity index (χ2n) is 12.4. The van der Waals surface area contributed by atoms with Crippen LogP contribution in [0.25, 0.3) is 10.8 Å². The second kappa shape index (κ2) is 17.9. The van der Waals surface area contributed by atoms with Crippen molar-refractivity contribution in [2.45, 2.75) is 26.2 Å². The lowest BCUT2D eigenvalue weighted by Crippen LogP contribution is -2.20. The number of ether oxygens (including phenoxy) is 2. The highest BCUT2D eigenvalue weighted by molar-refractivity contribution is 6.01. The van der Waals surface area contributed by atoms with Crippen LogP contribution in [-0.4, -0.2) is 26.3 Å². The van der Waals surface area contributed by atoms with Crippen LogP contribution in [0, 0.1) is 23.7 Å². The summed E-state index contributed by atoms with van der Waals surface area (Å²) in [4.78, 5) is 25.7. The molecule has 0 aliphatic heterocycles. The van der Waals surface area contributed by atoms with E-state index in [0.717, 1.165) is 46.7 Å². The topological polar surface area (TPSA) is 101 Å². The van der Waals surface area contributed by atoms with Gasteiger partial charge in [-0.1, -0.05) is 67.4 Å². The molecule has 268 valence electrons. The fourth-order valence-corrected chi connectivity index (χ4v) is 5.64. The Morgan fingerprint density at radius 3 is 1.63 bits per heavy atom. The maximum Gasteiger partial charge on any atom is 0.323 e. The van der Waals surface area contributed by atoms with Crippen LogP contribution >= 0.6 is 0 Å². The van der Waals surface area contributed by atoms with Gasteiger partial charge in [0, 0.05) is 33.6 Å². The minimum atomic E-state index is -0.374. The van der Waals surface area contributed by atoms with Crippen molar-refractivity contribution in [2.75, 3.05) is 35.5 Å². The highest BCUT2D eigenvalue weighted by Gasteiger charge is 2.09. The van der Waals surface area contributed by atoms with Gasteiger partial charge in [0.05, 0.1) is 25.6 Å². The van der Waals surface area contributed by atoms with E-state index in [4.69, 9.17) is 9.47 Å². The summed E-state index contributed by atoms with van der Waals surface area (Å²) in [6.45, 7) is 2.17. The SMILES string of the molecule is CCCCc1ccc(NC(=O)Nc2ccc(OC)cc2)c(C#Cc2ccc3ccc(C#Cc4ccccc4NC(=O)Nc4ccc(OC)cc4)cc3c2)c1. The Hall–Kier alpha value is -7.16. The van der Waals surface area contributed by atoms with E-state index in [9.17, 15) is 9.59 Å². The molecule has 6 rings (SSSR count). The Bertz CT molecular complexity index is 2400. The van der Waals surface area contributed by atoms with Crippen LogP contribution in [-0.2, 0) is 6.42 Å². The number of aryl methyl sites for hydroxylation is 1. The number of fused-ring (bicyclic) bond motifs is 1. The molecule has 0 fully saturated rings. The lowest BCUT2D eigenvalue weighted by Gasteiger charge is -2.11. The molecule has 6 aromatic rings. The first-order chi connectivity index (χ1) is 26.4. The number of carbonyl (C=O) groups excluding carboxylic acids is 2. The third-order valence-corrected chi connectivity index (χ3v) is 8.55. The van der Waals surface area contributed by atoms with Gasteiger partial charge in [0.25, 0.3) is 0 Å². The van der Waals surface area contributed by atoms with Gasteiger partial charge in [-0.05, 0) is 126 Å². The summed E-state index contributed by atoms with van der Waals surface area (Å²) in [5.74, 6) is 14.5. The highest BCUT2D eigenvalue weighted by Crippen LogP contribution is 2.23. The van der Waals surface area contributed by atoms with Gasteiger partial charge in [0.15, 0.2) is 0 Å². The van der Waals surface area contributed by atoms with Crippen LogP contribution in [0.2, 0.25) is 0 Å². The summed E-state index contributed by atoms with van der Waals surface area (Å²) >= 11 is 0. The predicted molar refractivity (Wildman–Crippen MR) is 219 cm³/mol. The van der Waals surface area contributed by atoms with Crippen molar-refractivity contribution in [3.8, 4) is 35.2 Å². The van der Waals surface area contributed by atoms with E-state index >= 15 is 0 Å². The van der Waals surface area contributed by atoms with Crippen LogP contribution in [0.3, 0.4) is 0 Å². The molecule has 6 aromatic carbocycles. The number of rotatable bonds is 9. The van der Waals surface area contributed by atoms with Crippen molar-refractivity contribution < 1.29 is 19.1 Å². The molecule has 0 heterocycles. The van der Waals surface area contributed by atoms with E-state index in [0.29, 0.717) is 39.8 Å². The summed E-state index contributed by atoms with van der Waals surface area (Å²) in [6, 6.07) is 39.0. The molecule has 0 saturated heterocycles. The third kappa shape index (κ3) is 10.00. The Morgan fingerprint density at radius 2 is 1.07 bits per heavy atom. The smallest absolute Gasteiger partial charge is 0.323 e. The molecule has 0 atom stereocenters. The zero-order valence-electron chi connectivity index (χ0n) is 30.4. The summed E-state index contributed by atoms with van der Waals surface area (Å²) in [5.41, 5.74) is 6.75. The average molecular weight is 713 g/mol. The number of carbonyl (C=O) groups is 2. The quantitative estimate of drug-likeness (QED) is 0.112. The minimum absolute atomic E-state index is 0.362. The monoisotopic (exact) mass is 712 g/mol. The molecule has 8 nitrogen and oxygen atoms in total. The Labute approximate surface area is 315 Å². The molecular weight excluding hydrogens is 673 g/mol. The van der Waals surface area contributed by atoms with Crippen molar-refractivity contribution in [3.05, 3.63) is 155 Å². The minimum Gasteiger partial charge on any atom is -0.497 e. The zero-order chi connectivity index (χ0) is 37.7. The molecule has 0 bridgehead atoms. The van der Waals surface area contributed by atoms with E-state index in [1.807, 2.05) is 72.8 Å². The summed E-state index contributed by atoms with van der Waals surface area (Å²) in [5, 5.41) is 13.6. The van der Waals surface area contributed by atoms with Crippen molar-refractivity contribution >= 4 is 45.6 Å². The van der Waals surface area contributed by atoms with E-state index in [1.54, 1.807) is 62.8 Å². The van der Waals surface area contributed by atoms with Crippen LogP contribution in [0.4, 0.5) is 32.3 Å². The van der Waals surface area contributed by atoms with Crippen molar-refractivity contribution in [1.29, 1.82) is 0 Å². The Balaban J connectivity index is 1.19. The van der Waals surface area contributed by atoms with Crippen LogP contribution < -0.4 is 30.7 Å². The first kappa shape index (κ1) is 36.6. The van der Waals surface area contributed by atoms with Gasteiger partial charge in [0.2, 0.25) is 0 Å². The summed E-state index contributed by atoms with van der Waals surface area (Å²) in [7, 11) is 3.20. The molecule has 0 aliphatic rings. The number of hydrogen-bond donors (Lipinski definition) is 4. The molecule has 0 aliphatic carbocycles. The van der Waals surface area contributed by atoms with Crippen LogP contribution in [0.1, 0.15) is 47.6 Å². The largest absolute Gasteiger partial charge is 0.497 e. The van der Waals surface area contributed by atoms with Crippen molar-refractivity contribution in [2.24, 2.45) is 0 Å². The van der Waals surface area contributed by atoms with Crippen LogP contribution in [0.5, 0.6) is 11.5 Å². The average Bonchev–Trinajstić information content (AvgIpc) is 3.20. The Kier molecular flexibility index (Phi) is 12.1. The van der Waals surface area contributed by atoms with E-state index in [2.05, 4.69) is 57.9 Å². The normalized spacial score (nSPS) is 10.2. The molecule has 0 radical (unpaired) electrons. The Morgan fingerprint density at radius 1 is 0.537 bits per heavy atom. The number of unbranched alkanes of at least 4 members (excludes halogenated alkanes) is 1. The molecule has 54 heavy (non-hydrogen) atoms. The summed E-state index contributed by atoms with van der Waals surface area (Å²) in [6.07, 6.45) is 3.08. The maximum atomic E-state index is 13.0. The predicted octanol–water partition coefficient (Wildman–Crippen LogP) is 10.3. The molecule has 0 unspecified atom stereocenters. The first-order valence-electron chi connectivity index (χ1n) is 17.6. The van der Waals surface area contributed by atoms with Gasteiger partial charge >= 0.3 is 12.1 Å². The van der Waals surface area contributed by atoms with E-state index < -0.39 is 0 Å². The third-order valence-electron chi connectivity index (χ3n) is 8.55. The van der Waals surface area contributed by atoms with Gasteiger partial charge in [-0.25, -0.2) is 9.59 Å². The van der Waals surface area contributed by atoms with Gasteiger partial charge < -0.3 is 30.7 Å². The maximum absolute atomic E-state index is 13.0. The lowest BCUT2D eigenvalue weighted by atomic mass is 10.0. The number of benzene rings is 6. The standard InChI is InChI=1S/C46H40N4O4/c1-4-5-8-32-15-28-44(50-46(52)48-40-22-26-42(54-3)27-23-40)37(29-32)19-14-34-12-17-35-16-11-33(30-38(35)31-34)13-18-36-9-6-7-10-43(36)49-45(51)47-39-20-24-41(53-2)25-21-39/h6-7,9-12,15-17,20-31H,4-5,8H2,1-3H3,(H2,47,49,51)(H2,48,50,52). The van der Waals surface area contributed by atoms with E-state index in [1.165, 1.54) is 5.56 Å². The number of anilines is 4. The fourth-order valence-electron chi connectivity index (χ4n) is 5.64. The highest BCUT2D eigenvalue weighted by atomic mass is 16.5. The molecular formula is C46H40N4O4. The number of amides is 4. The fraction of sp³-hybridized carbons (Fsp3) is 0.130. The van der Waals surface area contributed by atoms with Crippen LogP contribution in [0.15, 0.2) is 127 Å². The van der Waals surface area contributed by atoms with Crippen molar-refractivity contribution in [1.82, 2.24) is 0 Å². The molecule has 4 N–H and O–H groups in total. The lowest BCUT2D eigenvalue weighted by molar-refractivity contribution is 0.261. The first-order valence-corrected chi connectivity index (χ1v) is 17.6. The zero-order valence-corrected chi connectivity index (χ0v) is 30.4. The van der Waals surface area contributed by atoms with Gasteiger partial charge in [-0.3, -0.25) is 0 Å². The van der Waals surface area contributed by atoms with E-state index in [-0.39, 0.29) is 12.1 Å². The van der Waals surface area contributed by atoms with Crippen molar-refractivity contribution in [3.63, 3.8) is 0 Å². The van der Waals surface area contributed by atoms with Gasteiger partial charge in [-0.2, -0.15) is 0 Å². The second-order valence-corrected chi connectivity index (χ2v) is 12.4.